The summed E-state index contributed by atoms with van der Waals surface area (Å²) in [7, 11) is 0. The maximum Gasteiger partial charge on any atom is 0.191 e. The van der Waals surface area contributed by atoms with Gasteiger partial charge in [0, 0.05) is 25.6 Å². The molecule has 0 heterocycles. The standard InChI is InChI=1S/C17H25N3.HI/c1-3-12-19-17(18-4-2)20-13-15-10-7-9-14-8-5-6-11-16(14)15;/h3,5-6,8,11,15H,1,4,7,9-10,12-13H2,2H3,(H2,18,19,20);1H. The van der Waals surface area contributed by atoms with Crippen LogP contribution < -0.4 is 10.6 Å². The lowest BCUT2D eigenvalue weighted by atomic mass is 9.83. The van der Waals surface area contributed by atoms with E-state index in [1.165, 1.54) is 30.4 Å². The lowest BCUT2D eigenvalue weighted by molar-refractivity contribution is 0.559. The summed E-state index contributed by atoms with van der Waals surface area (Å²) in [4.78, 5) is 4.72. The Labute approximate surface area is 145 Å². The first-order valence-corrected chi connectivity index (χ1v) is 7.56. The molecule has 0 saturated heterocycles. The van der Waals surface area contributed by atoms with Gasteiger partial charge in [0.1, 0.15) is 0 Å². The number of nitrogens with one attached hydrogen (secondary N) is 2. The SMILES string of the molecule is C=CCNC(=NCC1CCCc2ccccc21)NCC.I. The van der Waals surface area contributed by atoms with Gasteiger partial charge in [-0.05, 0) is 37.3 Å². The first-order chi connectivity index (χ1) is 9.85. The van der Waals surface area contributed by atoms with Crippen molar-refractivity contribution in [2.75, 3.05) is 19.6 Å². The van der Waals surface area contributed by atoms with Gasteiger partial charge < -0.3 is 10.6 Å². The van der Waals surface area contributed by atoms with E-state index in [1.807, 2.05) is 6.08 Å². The van der Waals surface area contributed by atoms with Gasteiger partial charge in [0.2, 0.25) is 0 Å². The number of rotatable bonds is 5. The van der Waals surface area contributed by atoms with Crippen molar-refractivity contribution < 1.29 is 0 Å². The van der Waals surface area contributed by atoms with Crippen LogP contribution in [-0.2, 0) is 6.42 Å². The fraction of sp³-hybridized carbons (Fsp3) is 0.471. The minimum absolute atomic E-state index is 0. The van der Waals surface area contributed by atoms with Gasteiger partial charge in [-0.25, -0.2) is 0 Å². The first kappa shape index (κ1) is 18.0. The summed E-state index contributed by atoms with van der Waals surface area (Å²) in [6.07, 6.45) is 5.57. The second kappa shape index (κ2) is 9.82. The van der Waals surface area contributed by atoms with Gasteiger partial charge in [0.15, 0.2) is 5.96 Å². The summed E-state index contributed by atoms with van der Waals surface area (Å²) in [5.74, 6) is 1.44. The molecule has 1 atom stereocenters. The summed E-state index contributed by atoms with van der Waals surface area (Å²) < 4.78 is 0. The Morgan fingerprint density at radius 3 is 2.95 bits per heavy atom. The van der Waals surface area contributed by atoms with Gasteiger partial charge in [0.05, 0.1) is 0 Å². The molecule has 21 heavy (non-hydrogen) atoms. The molecule has 0 aliphatic heterocycles. The highest BCUT2D eigenvalue weighted by molar-refractivity contribution is 14.0. The molecule has 0 bridgehead atoms. The number of nitrogens with zero attached hydrogens (tertiary/aromatic N) is 1. The smallest absolute Gasteiger partial charge is 0.191 e. The van der Waals surface area contributed by atoms with Crippen molar-refractivity contribution in [3.8, 4) is 0 Å². The van der Waals surface area contributed by atoms with Gasteiger partial charge in [-0.1, -0.05) is 30.3 Å². The lowest BCUT2D eigenvalue weighted by Gasteiger charge is -2.24. The number of benzene rings is 1. The molecule has 4 heteroatoms. The molecule has 3 nitrogen and oxygen atoms in total. The predicted octanol–water partition coefficient (Wildman–Crippen LogP) is 3.47. The minimum Gasteiger partial charge on any atom is -0.357 e. The molecule has 1 aliphatic carbocycles. The Balaban J connectivity index is 0.00000220. The highest BCUT2D eigenvalue weighted by Gasteiger charge is 2.19. The van der Waals surface area contributed by atoms with Crippen LogP contribution in [0.25, 0.3) is 0 Å². The Bertz CT molecular complexity index is 471. The van der Waals surface area contributed by atoms with E-state index in [9.17, 15) is 0 Å². The van der Waals surface area contributed by atoms with E-state index >= 15 is 0 Å². The molecule has 0 aromatic heterocycles. The highest BCUT2D eigenvalue weighted by atomic mass is 127. The molecule has 1 aliphatic rings. The van der Waals surface area contributed by atoms with Crippen LogP contribution >= 0.6 is 24.0 Å². The zero-order valence-electron chi connectivity index (χ0n) is 12.8. The second-order valence-corrected chi connectivity index (χ2v) is 5.18. The molecule has 0 spiro atoms. The summed E-state index contributed by atoms with van der Waals surface area (Å²) in [6, 6.07) is 8.80. The topological polar surface area (TPSA) is 36.4 Å². The maximum atomic E-state index is 4.72. The summed E-state index contributed by atoms with van der Waals surface area (Å²) in [5, 5.41) is 6.53. The maximum absolute atomic E-state index is 4.72. The van der Waals surface area contributed by atoms with Crippen molar-refractivity contribution in [2.45, 2.75) is 32.1 Å². The van der Waals surface area contributed by atoms with Gasteiger partial charge in [0.25, 0.3) is 0 Å². The second-order valence-electron chi connectivity index (χ2n) is 5.18. The quantitative estimate of drug-likeness (QED) is 0.344. The van der Waals surface area contributed by atoms with Crippen LogP contribution in [0, 0.1) is 0 Å². The van der Waals surface area contributed by atoms with E-state index in [4.69, 9.17) is 4.99 Å². The molecule has 0 radical (unpaired) electrons. The Kier molecular flexibility index (Phi) is 8.42. The zero-order chi connectivity index (χ0) is 14.2. The normalized spacial score (nSPS) is 17.4. The van der Waals surface area contributed by atoms with Gasteiger partial charge in [-0.2, -0.15) is 0 Å². The van der Waals surface area contributed by atoms with E-state index in [1.54, 1.807) is 0 Å². The fourth-order valence-electron chi connectivity index (χ4n) is 2.76. The van der Waals surface area contributed by atoms with E-state index < -0.39 is 0 Å². The number of aryl methyl sites for hydroxylation is 1. The Morgan fingerprint density at radius 2 is 2.19 bits per heavy atom. The number of hydrogen-bond donors (Lipinski definition) is 2. The molecule has 116 valence electrons. The molecule has 2 N–H and O–H groups in total. The minimum atomic E-state index is 0. The molecular formula is C17H26IN3. The Morgan fingerprint density at radius 1 is 1.38 bits per heavy atom. The van der Waals surface area contributed by atoms with Crippen LogP contribution in [0.15, 0.2) is 41.9 Å². The third kappa shape index (κ3) is 5.34. The average Bonchev–Trinajstić information content (AvgIpc) is 2.50. The fourth-order valence-corrected chi connectivity index (χ4v) is 2.76. The third-order valence-electron chi connectivity index (χ3n) is 3.72. The van der Waals surface area contributed by atoms with E-state index in [2.05, 4.69) is 48.4 Å². The first-order valence-electron chi connectivity index (χ1n) is 7.56. The largest absolute Gasteiger partial charge is 0.357 e. The molecule has 0 amide bonds. The summed E-state index contributed by atoms with van der Waals surface area (Å²) >= 11 is 0. The van der Waals surface area contributed by atoms with Crippen molar-refractivity contribution in [1.29, 1.82) is 0 Å². The number of hydrogen-bond acceptors (Lipinski definition) is 1. The van der Waals surface area contributed by atoms with Crippen molar-refractivity contribution in [3.63, 3.8) is 0 Å². The van der Waals surface area contributed by atoms with Gasteiger partial charge in [-0.15, -0.1) is 30.6 Å². The van der Waals surface area contributed by atoms with E-state index in [0.29, 0.717) is 5.92 Å². The van der Waals surface area contributed by atoms with Crippen LogP contribution in [-0.4, -0.2) is 25.6 Å². The van der Waals surface area contributed by atoms with Crippen LogP contribution in [0.1, 0.15) is 36.8 Å². The molecule has 0 fully saturated rings. The van der Waals surface area contributed by atoms with Crippen molar-refractivity contribution >= 4 is 29.9 Å². The summed E-state index contributed by atoms with van der Waals surface area (Å²) in [5.41, 5.74) is 2.99. The van der Waals surface area contributed by atoms with Crippen molar-refractivity contribution in [2.24, 2.45) is 4.99 Å². The van der Waals surface area contributed by atoms with Crippen LogP contribution in [0.4, 0.5) is 0 Å². The molecular weight excluding hydrogens is 373 g/mol. The number of halogens is 1. The predicted molar refractivity (Wildman–Crippen MR) is 102 cm³/mol. The van der Waals surface area contributed by atoms with Crippen LogP contribution in [0.2, 0.25) is 0 Å². The zero-order valence-corrected chi connectivity index (χ0v) is 15.1. The molecule has 1 aromatic carbocycles. The highest BCUT2D eigenvalue weighted by Crippen LogP contribution is 2.31. The average molecular weight is 399 g/mol. The molecule has 1 unspecified atom stereocenters. The molecule has 2 rings (SSSR count). The lowest BCUT2D eigenvalue weighted by Crippen LogP contribution is -2.37. The molecule has 0 saturated carbocycles. The Hall–Kier alpha value is -1.04. The number of guanidine groups is 1. The van der Waals surface area contributed by atoms with E-state index in [0.717, 1.165) is 25.6 Å². The molecule has 1 aromatic rings. The monoisotopic (exact) mass is 399 g/mol. The van der Waals surface area contributed by atoms with E-state index in [-0.39, 0.29) is 24.0 Å². The van der Waals surface area contributed by atoms with Gasteiger partial charge >= 0.3 is 0 Å². The van der Waals surface area contributed by atoms with Crippen LogP contribution in [0.5, 0.6) is 0 Å². The van der Waals surface area contributed by atoms with Crippen molar-refractivity contribution in [3.05, 3.63) is 48.0 Å². The third-order valence-corrected chi connectivity index (χ3v) is 3.72. The van der Waals surface area contributed by atoms with Crippen molar-refractivity contribution in [1.82, 2.24) is 10.6 Å². The van der Waals surface area contributed by atoms with Gasteiger partial charge in [-0.3, -0.25) is 4.99 Å². The summed E-state index contributed by atoms with van der Waals surface area (Å²) in [6.45, 7) is 8.28. The number of aliphatic imine (C=N–C) groups is 1. The van der Waals surface area contributed by atoms with Crippen LogP contribution in [0.3, 0.4) is 0 Å². The number of fused-ring (bicyclic) bond motifs is 1.